The number of hydrogen-bond acceptors (Lipinski definition) is 3. The largest absolute Gasteiger partial charge is 0.383 e. The lowest BCUT2D eigenvalue weighted by atomic mass is 10.2. The first kappa shape index (κ1) is 9.48. The summed E-state index contributed by atoms with van der Waals surface area (Å²) in [6.45, 7) is 2.45. The zero-order valence-corrected chi connectivity index (χ0v) is 7.45. The lowest BCUT2D eigenvalue weighted by Gasteiger charge is -2.20. The Hall–Kier alpha value is -0.610. The van der Waals surface area contributed by atoms with Crippen molar-refractivity contribution in [1.29, 1.82) is 0 Å². The Kier molecular flexibility index (Phi) is 3.49. The molecule has 0 aromatic heterocycles. The van der Waals surface area contributed by atoms with E-state index in [0.29, 0.717) is 6.61 Å². The molecule has 0 spiro atoms. The maximum Gasteiger partial charge on any atom is 0.234 e. The molecule has 0 bridgehead atoms. The van der Waals surface area contributed by atoms with Crippen molar-refractivity contribution >= 4 is 5.91 Å². The standard InChI is InChI=1S/C8H16N2O2/c1-12-6-5-10-4-2-3-7(10)8(9)11/h7H,2-6H2,1H3,(H2,9,11). The number of nitrogens with two attached hydrogens (primary N) is 1. The predicted octanol–water partition coefficient (Wildman–Crippen LogP) is -0.417. The lowest BCUT2D eigenvalue weighted by Crippen LogP contribution is -2.41. The minimum absolute atomic E-state index is 0.0554. The van der Waals surface area contributed by atoms with Crippen molar-refractivity contribution in [3.8, 4) is 0 Å². The molecular weight excluding hydrogens is 156 g/mol. The minimum Gasteiger partial charge on any atom is -0.383 e. The zero-order chi connectivity index (χ0) is 8.97. The highest BCUT2D eigenvalue weighted by molar-refractivity contribution is 5.80. The Morgan fingerprint density at radius 3 is 3.08 bits per heavy atom. The summed E-state index contributed by atoms with van der Waals surface area (Å²) in [5.74, 6) is -0.205. The maximum atomic E-state index is 10.9. The van der Waals surface area contributed by atoms with Crippen molar-refractivity contribution in [3.63, 3.8) is 0 Å². The highest BCUT2D eigenvalue weighted by Crippen LogP contribution is 2.15. The van der Waals surface area contributed by atoms with Crippen molar-refractivity contribution in [2.75, 3.05) is 26.8 Å². The highest BCUT2D eigenvalue weighted by atomic mass is 16.5. The fourth-order valence-electron chi connectivity index (χ4n) is 1.62. The summed E-state index contributed by atoms with van der Waals surface area (Å²) >= 11 is 0. The summed E-state index contributed by atoms with van der Waals surface area (Å²) in [4.78, 5) is 13.0. The van der Waals surface area contributed by atoms with Gasteiger partial charge < -0.3 is 10.5 Å². The molecule has 0 aromatic carbocycles. The van der Waals surface area contributed by atoms with E-state index in [9.17, 15) is 4.79 Å². The number of carbonyl (C=O) groups excluding carboxylic acids is 1. The first-order valence-corrected chi connectivity index (χ1v) is 4.28. The first-order valence-electron chi connectivity index (χ1n) is 4.28. The van der Waals surface area contributed by atoms with Crippen molar-refractivity contribution in [3.05, 3.63) is 0 Å². The SMILES string of the molecule is COCCN1CCCC1C(N)=O. The van der Waals surface area contributed by atoms with E-state index in [4.69, 9.17) is 10.5 Å². The van der Waals surface area contributed by atoms with Gasteiger partial charge >= 0.3 is 0 Å². The molecular formula is C8H16N2O2. The second kappa shape index (κ2) is 4.42. The first-order chi connectivity index (χ1) is 5.75. The Balaban J connectivity index is 2.35. The van der Waals surface area contributed by atoms with Gasteiger partial charge in [-0.15, -0.1) is 0 Å². The van der Waals surface area contributed by atoms with Crippen LogP contribution in [0.25, 0.3) is 0 Å². The monoisotopic (exact) mass is 172 g/mol. The van der Waals surface area contributed by atoms with Crippen LogP contribution in [-0.4, -0.2) is 43.7 Å². The topological polar surface area (TPSA) is 55.6 Å². The van der Waals surface area contributed by atoms with Gasteiger partial charge in [0.05, 0.1) is 12.6 Å². The number of likely N-dealkylation sites (tertiary alicyclic amines) is 1. The van der Waals surface area contributed by atoms with E-state index in [1.807, 2.05) is 0 Å². The molecule has 0 aliphatic carbocycles. The minimum atomic E-state index is -0.205. The Bertz CT molecular complexity index is 161. The molecule has 0 aromatic rings. The van der Waals surface area contributed by atoms with E-state index in [2.05, 4.69) is 4.90 Å². The molecule has 12 heavy (non-hydrogen) atoms. The molecule has 1 unspecified atom stereocenters. The Morgan fingerprint density at radius 1 is 1.75 bits per heavy atom. The van der Waals surface area contributed by atoms with Gasteiger partial charge in [-0.2, -0.15) is 0 Å². The van der Waals surface area contributed by atoms with Crippen LogP contribution in [-0.2, 0) is 9.53 Å². The number of carbonyl (C=O) groups is 1. The van der Waals surface area contributed by atoms with Crippen LogP contribution < -0.4 is 5.73 Å². The van der Waals surface area contributed by atoms with Crippen LogP contribution in [0, 0.1) is 0 Å². The molecule has 1 saturated heterocycles. The molecule has 0 saturated carbocycles. The fraction of sp³-hybridized carbons (Fsp3) is 0.875. The van der Waals surface area contributed by atoms with Gasteiger partial charge in [-0.3, -0.25) is 9.69 Å². The fourth-order valence-corrected chi connectivity index (χ4v) is 1.62. The second-order valence-corrected chi connectivity index (χ2v) is 3.09. The van der Waals surface area contributed by atoms with Crippen LogP contribution in [0.2, 0.25) is 0 Å². The number of amides is 1. The second-order valence-electron chi connectivity index (χ2n) is 3.09. The van der Waals surface area contributed by atoms with Gasteiger partial charge in [-0.25, -0.2) is 0 Å². The van der Waals surface area contributed by atoms with E-state index in [-0.39, 0.29) is 11.9 Å². The summed E-state index contributed by atoms with van der Waals surface area (Å²) in [6, 6.07) is -0.0554. The molecule has 1 atom stereocenters. The quantitative estimate of drug-likeness (QED) is 0.626. The lowest BCUT2D eigenvalue weighted by molar-refractivity contribution is -0.122. The number of nitrogens with zero attached hydrogens (tertiary/aromatic N) is 1. The molecule has 70 valence electrons. The maximum absolute atomic E-state index is 10.9. The van der Waals surface area contributed by atoms with E-state index in [1.54, 1.807) is 7.11 Å². The van der Waals surface area contributed by atoms with Gasteiger partial charge in [0.25, 0.3) is 0 Å². The molecule has 0 radical (unpaired) electrons. The number of hydrogen-bond donors (Lipinski definition) is 1. The Morgan fingerprint density at radius 2 is 2.50 bits per heavy atom. The zero-order valence-electron chi connectivity index (χ0n) is 7.45. The summed E-state index contributed by atoms with van der Waals surface area (Å²) in [7, 11) is 1.66. The summed E-state index contributed by atoms with van der Waals surface area (Å²) in [6.07, 6.45) is 1.97. The van der Waals surface area contributed by atoms with E-state index >= 15 is 0 Å². The van der Waals surface area contributed by atoms with Gasteiger partial charge in [0.15, 0.2) is 0 Å². The molecule has 1 amide bonds. The smallest absolute Gasteiger partial charge is 0.234 e. The van der Waals surface area contributed by atoms with Crippen LogP contribution in [0.1, 0.15) is 12.8 Å². The number of ether oxygens (including phenoxy) is 1. The van der Waals surface area contributed by atoms with Gasteiger partial charge in [0.2, 0.25) is 5.91 Å². The predicted molar refractivity (Wildman–Crippen MR) is 45.7 cm³/mol. The van der Waals surface area contributed by atoms with E-state index in [0.717, 1.165) is 25.9 Å². The van der Waals surface area contributed by atoms with Gasteiger partial charge in [-0.05, 0) is 19.4 Å². The van der Waals surface area contributed by atoms with Crippen LogP contribution in [0.5, 0.6) is 0 Å². The summed E-state index contributed by atoms with van der Waals surface area (Å²) < 4.78 is 4.94. The third-order valence-electron chi connectivity index (χ3n) is 2.27. The van der Waals surface area contributed by atoms with Gasteiger partial charge in [0, 0.05) is 13.7 Å². The van der Waals surface area contributed by atoms with Crippen molar-refractivity contribution in [1.82, 2.24) is 4.90 Å². The third-order valence-corrected chi connectivity index (χ3v) is 2.27. The molecule has 4 heteroatoms. The molecule has 1 aliphatic heterocycles. The number of rotatable bonds is 4. The molecule has 1 rings (SSSR count). The average Bonchev–Trinajstić information content (AvgIpc) is 2.48. The van der Waals surface area contributed by atoms with E-state index < -0.39 is 0 Å². The van der Waals surface area contributed by atoms with Crippen molar-refractivity contribution in [2.45, 2.75) is 18.9 Å². The molecule has 1 heterocycles. The van der Waals surface area contributed by atoms with Gasteiger partial charge in [0.1, 0.15) is 0 Å². The van der Waals surface area contributed by atoms with Crippen molar-refractivity contribution < 1.29 is 9.53 Å². The van der Waals surface area contributed by atoms with Crippen LogP contribution >= 0.6 is 0 Å². The molecule has 1 aliphatic rings. The molecule has 4 nitrogen and oxygen atoms in total. The highest BCUT2D eigenvalue weighted by Gasteiger charge is 2.27. The Labute approximate surface area is 72.7 Å². The summed E-state index contributed by atoms with van der Waals surface area (Å²) in [5.41, 5.74) is 5.24. The molecule has 1 fully saturated rings. The number of primary amides is 1. The van der Waals surface area contributed by atoms with Crippen molar-refractivity contribution in [2.24, 2.45) is 5.73 Å². The van der Waals surface area contributed by atoms with Crippen LogP contribution in [0.15, 0.2) is 0 Å². The molecule has 2 N–H and O–H groups in total. The van der Waals surface area contributed by atoms with Gasteiger partial charge in [-0.1, -0.05) is 0 Å². The normalized spacial score (nSPS) is 24.6. The summed E-state index contributed by atoms with van der Waals surface area (Å²) in [5, 5.41) is 0. The third kappa shape index (κ3) is 2.19. The average molecular weight is 172 g/mol. The van der Waals surface area contributed by atoms with Crippen LogP contribution in [0.4, 0.5) is 0 Å². The van der Waals surface area contributed by atoms with Crippen LogP contribution in [0.3, 0.4) is 0 Å². The number of methoxy groups -OCH3 is 1. The van der Waals surface area contributed by atoms with E-state index in [1.165, 1.54) is 0 Å².